The molecule has 0 radical (unpaired) electrons. The Morgan fingerprint density at radius 3 is 2.71 bits per heavy atom. The van der Waals surface area contributed by atoms with Gasteiger partial charge in [0.25, 0.3) is 0 Å². The Labute approximate surface area is 164 Å². The Morgan fingerprint density at radius 2 is 1.96 bits per heavy atom. The average molecular weight is 384 g/mol. The van der Waals surface area contributed by atoms with Crippen molar-refractivity contribution >= 4 is 5.91 Å². The topological polar surface area (TPSA) is 69.4 Å². The van der Waals surface area contributed by atoms with Crippen molar-refractivity contribution in [2.45, 2.75) is 64.9 Å². The van der Waals surface area contributed by atoms with Gasteiger partial charge in [-0.15, -0.1) is 0 Å². The summed E-state index contributed by atoms with van der Waals surface area (Å²) < 4.78 is 9.02. The van der Waals surface area contributed by atoms with Crippen molar-refractivity contribution < 1.29 is 9.53 Å². The molecule has 2 aromatic rings. The van der Waals surface area contributed by atoms with Crippen molar-refractivity contribution in [1.29, 1.82) is 0 Å². The SMILES string of the molecule is CC(C)Cn1nc2n(c1=O)C[C@H]1CC[C@@H](C2)N1C(=O)COCc1ccccc1. The number of aromatic nitrogens is 3. The van der Waals surface area contributed by atoms with Crippen LogP contribution in [0.5, 0.6) is 0 Å². The molecule has 0 aliphatic carbocycles. The number of amides is 1. The predicted molar refractivity (Wildman–Crippen MR) is 105 cm³/mol. The lowest BCUT2D eigenvalue weighted by atomic mass is 10.1. The Balaban J connectivity index is 1.43. The van der Waals surface area contributed by atoms with Gasteiger partial charge in [0.05, 0.1) is 12.6 Å². The summed E-state index contributed by atoms with van der Waals surface area (Å²) in [5.74, 6) is 1.19. The van der Waals surface area contributed by atoms with Gasteiger partial charge in [-0.1, -0.05) is 44.2 Å². The highest BCUT2D eigenvalue weighted by Gasteiger charge is 2.41. The number of benzene rings is 1. The van der Waals surface area contributed by atoms with E-state index in [1.54, 1.807) is 9.25 Å². The van der Waals surface area contributed by atoms with Crippen LogP contribution in [0.25, 0.3) is 0 Å². The zero-order valence-corrected chi connectivity index (χ0v) is 16.6. The van der Waals surface area contributed by atoms with Gasteiger partial charge in [-0.3, -0.25) is 9.36 Å². The molecule has 0 unspecified atom stereocenters. The molecule has 0 N–H and O–H groups in total. The number of ether oxygens (including phenoxy) is 1. The van der Waals surface area contributed by atoms with Gasteiger partial charge >= 0.3 is 5.69 Å². The van der Waals surface area contributed by atoms with Gasteiger partial charge < -0.3 is 9.64 Å². The summed E-state index contributed by atoms with van der Waals surface area (Å²) in [6.45, 7) is 5.82. The normalized spacial score (nSPS) is 21.0. The molecule has 2 bridgehead atoms. The van der Waals surface area contributed by atoms with E-state index in [1.165, 1.54) is 0 Å². The molecule has 0 spiro atoms. The van der Waals surface area contributed by atoms with E-state index < -0.39 is 0 Å². The van der Waals surface area contributed by atoms with E-state index in [-0.39, 0.29) is 30.3 Å². The van der Waals surface area contributed by atoms with Crippen molar-refractivity contribution in [1.82, 2.24) is 19.2 Å². The largest absolute Gasteiger partial charge is 0.367 e. The molecule has 7 nitrogen and oxygen atoms in total. The minimum absolute atomic E-state index is 0.0108. The van der Waals surface area contributed by atoms with Crippen molar-refractivity contribution in [2.24, 2.45) is 5.92 Å². The minimum Gasteiger partial charge on any atom is -0.367 e. The van der Waals surface area contributed by atoms with Gasteiger partial charge in [-0.25, -0.2) is 9.48 Å². The van der Waals surface area contributed by atoms with E-state index >= 15 is 0 Å². The Kier molecular flexibility index (Phi) is 5.35. The molecule has 28 heavy (non-hydrogen) atoms. The zero-order chi connectivity index (χ0) is 19.7. The van der Waals surface area contributed by atoms with Crippen LogP contribution in [0, 0.1) is 5.92 Å². The monoisotopic (exact) mass is 384 g/mol. The lowest BCUT2D eigenvalue weighted by molar-refractivity contribution is -0.139. The van der Waals surface area contributed by atoms with E-state index in [2.05, 4.69) is 18.9 Å². The van der Waals surface area contributed by atoms with Crippen LogP contribution >= 0.6 is 0 Å². The van der Waals surface area contributed by atoms with Crippen molar-refractivity contribution in [3.05, 3.63) is 52.2 Å². The van der Waals surface area contributed by atoms with Gasteiger partial charge in [-0.2, -0.15) is 5.10 Å². The lowest BCUT2D eigenvalue weighted by Crippen LogP contribution is -2.44. The van der Waals surface area contributed by atoms with Crippen molar-refractivity contribution in [2.75, 3.05) is 6.61 Å². The number of carbonyl (C=O) groups excluding carboxylic acids is 1. The first-order valence-corrected chi connectivity index (χ1v) is 10.1. The zero-order valence-electron chi connectivity index (χ0n) is 16.6. The Morgan fingerprint density at radius 1 is 1.21 bits per heavy atom. The first-order valence-electron chi connectivity index (χ1n) is 10.1. The number of hydrogen-bond donors (Lipinski definition) is 0. The molecule has 1 aromatic carbocycles. The van der Waals surface area contributed by atoms with Crippen LogP contribution in [0.2, 0.25) is 0 Å². The maximum atomic E-state index is 12.9. The first-order chi connectivity index (χ1) is 13.5. The molecule has 4 rings (SSSR count). The van der Waals surface area contributed by atoms with E-state index in [1.807, 2.05) is 35.2 Å². The van der Waals surface area contributed by atoms with E-state index in [4.69, 9.17) is 4.74 Å². The number of rotatable bonds is 6. The first kappa shape index (κ1) is 18.9. The molecule has 2 aliphatic heterocycles. The van der Waals surface area contributed by atoms with Crippen LogP contribution in [0.4, 0.5) is 0 Å². The van der Waals surface area contributed by atoms with Crippen LogP contribution in [0.15, 0.2) is 35.1 Å². The molecule has 1 amide bonds. The second-order valence-corrected chi connectivity index (χ2v) is 8.25. The molecular weight excluding hydrogens is 356 g/mol. The van der Waals surface area contributed by atoms with Crippen molar-refractivity contribution in [3.63, 3.8) is 0 Å². The van der Waals surface area contributed by atoms with Crippen LogP contribution in [-0.4, -0.2) is 43.8 Å². The standard InChI is InChI=1S/C21H28N4O3/c1-15(2)11-24-21(27)23-12-18-9-8-17(10-19(23)22-24)25(18)20(26)14-28-13-16-6-4-3-5-7-16/h3-7,15,17-18H,8-14H2,1-2H3/t17-,18+/m0/s1. The molecule has 7 heteroatoms. The minimum atomic E-state index is -0.0519. The molecular formula is C21H28N4O3. The van der Waals surface area contributed by atoms with E-state index in [0.29, 0.717) is 32.0 Å². The van der Waals surface area contributed by atoms with Crippen LogP contribution < -0.4 is 5.69 Å². The smallest absolute Gasteiger partial charge is 0.345 e. The number of carbonyl (C=O) groups is 1. The maximum Gasteiger partial charge on any atom is 0.345 e. The summed E-state index contributed by atoms with van der Waals surface area (Å²) in [6, 6.07) is 10.0. The fourth-order valence-electron chi connectivity index (χ4n) is 4.36. The van der Waals surface area contributed by atoms with Gasteiger partial charge in [0.2, 0.25) is 5.91 Å². The number of fused-ring (bicyclic) bond motifs is 3. The predicted octanol–water partition coefficient (Wildman–Crippen LogP) is 1.83. The summed E-state index contributed by atoms with van der Waals surface area (Å²) in [5.41, 5.74) is 1.00. The summed E-state index contributed by atoms with van der Waals surface area (Å²) >= 11 is 0. The molecule has 0 saturated carbocycles. The molecule has 1 saturated heterocycles. The molecule has 1 fully saturated rings. The summed E-state index contributed by atoms with van der Waals surface area (Å²) in [6.07, 6.45) is 2.53. The fourth-order valence-corrected chi connectivity index (χ4v) is 4.36. The molecule has 2 aliphatic rings. The number of nitrogens with zero attached hydrogens (tertiary/aromatic N) is 4. The lowest BCUT2D eigenvalue weighted by Gasteiger charge is -2.27. The summed E-state index contributed by atoms with van der Waals surface area (Å²) in [5, 5.41) is 4.56. The van der Waals surface area contributed by atoms with Crippen LogP contribution in [-0.2, 0) is 35.6 Å². The molecule has 3 heterocycles. The van der Waals surface area contributed by atoms with Crippen molar-refractivity contribution in [3.8, 4) is 0 Å². The average Bonchev–Trinajstić information content (AvgIpc) is 3.12. The van der Waals surface area contributed by atoms with Gasteiger partial charge in [0.15, 0.2) is 0 Å². The third-order valence-electron chi connectivity index (χ3n) is 5.59. The highest BCUT2D eigenvalue weighted by Crippen LogP contribution is 2.30. The Bertz CT molecular complexity index is 887. The van der Waals surface area contributed by atoms with E-state index in [9.17, 15) is 9.59 Å². The fraction of sp³-hybridized carbons (Fsp3) is 0.571. The Hall–Kier alpha value is -2.41. The van der Waals surface area contributed by atoms with Gasteiger partial charge in [0, 0.05) is 25.6 Å². The highest BCUT2D eigenvalue weighted by molar-refractivity contribution is 5.78. The summed E-state index contributed by atoms with van der Waals surface area (Å²) in [4.78, 5) is 27.5. The van der Waals surface area contributed by atoms with Gasteiger partial charge in [-0.05, 0) is 24.3 Å². The second-order valence-electron chi connectivity index (χ2n) is 8.25. The third kappa shape index (κ3) is 3.76. The quantitative estimate of drug-likeness (QED) is 0.762. The molecule has 1 aromatic heterocycles. The van der Waals surface area contributed by atoms with Gasteiger partial charge in [0.1, 0.15) is 12.4 Å². The number of hydrogen-bond acceptors (Lipinski definition) is 4. The summed E-state index contributed by atoms with van der Waals surface area (Å²) in [7, 11) is 0. The second kappa shape index (κ2) is 7.91. The van der Waals surface area contributed by atoms with Crippen LogP contribution in [0.3, 0.4) is 0 Å². The third-order valence-corrected chi connectivity index (χ3v) is 5.59. The van der Waals surface area contributed by atoms with E-state index in [0.717, 1.165) is 24.2 Å². The molecule has 2 atom stereocenters. The van der Waals surface area contributed by atoms with Crippen LogP contribution in [0.1, 0.15) is 38.1 Å². The highest BCUT2D eigenvalue weighted by atomic mass is 16.5. The maximum absolute atomic E-state index is 12.9. The molecule has 150 valence electrons.